The highest BCUT2D eigenvalue weighted by atomic mass is 16.7. The molecule has 3 aliphatic rings. The Kier molecular flexibility index (Phi) is 8.99. The first kappa shape index (κ1) is 27.0. The van der Waals surface area contributed by atoms with Crippen molar-refractivity contribution in [2.24, 2.45) is 0 Å². The first-order valence-corrected chi connectivity index (χ1v) is 10.4. The maximum absolute atomic E-state index is 10.6. The van der Waals surface area contributed by atoms with Gasteiger partial charge in [0, 0.05) is 0 Å². The molecule has 0 aromatic rings. The van der Waals surface area contributed by atoms with Crippen LogP contribution in [0.15, 0.2) is 0 Å². The van der Waals surface area contributed by atoms with Gasteiger partial charge >= 0.3 is 0 Å². The molecule has 15 nitrogen and oxygen atoms in total. The SMILES string of the molecule is C[C@@H]1O[C@@H](O[C@@H]2[C@@H](O)[C@H](O)O[C@H](CO[C@@H]3O[C@H](CO)[C@H](O)[C@H](O)[C@H]3O)[C@H]2O)[C@H](O)[C@H](O)[C@H]1O. The van der Waals surface area contributed by atoms with E-state index in [1.54, 1.807) is 0 Å². The van der Waals surface area contributed by atoms with Gasteiger partial charge in [0.05, 0.1) is 19.3 Å². The van der Waals surface area contributed by atoms with Crippen molar-refractivity contribution in [2.45, 2.75) is 99.0 Å². The van der Waals surface area contributed by atoms with E-state index < -0.39 is 105 Å². The molecule has 15 heteroatoms. The lowest BCUT2D eigenvalue weighted by Crippen LogP contribution is -2.64. The fraction of sp³-hybridized carbons (Fsp3) is 1.00. The first-order chi connectivity index (χ1) is 15.5. The van der Waals surface area contributed by atoms with Gasteiger partial charge in [-0.2, -0.15) is 0 Å². The van der Waals surface area contributed by atoms with E-state index in [0.717, 1.165) is 0 Å². The number of hydrogen-bond donors (Lipinski definition) is 10. The van der Waals surface area contributed by atoms with Crippen molar-refractivity contribution < 1.29 is 74.7 Å². The van der Waals surface area contributed by atoms with Crippen molar-refractivity contribution in [1.29, 1.82) is 0 Å². The van der Waals surface area contributed by atoms with Gasteiger partial charge in [-0.25, -0.2) is 0 Å². The Labute approximate surface area is 187 Å². The van der Waals surface area contributed by atoms with Gasteiger partial charge < -0.3 is 74.7 Å². The van der Waals surface area contributed by atoms with E-state index in [0.29, 0.717) is 0 Å². The lowest BCUT2D eigenvalue weighted by Gasteiger charge is -2.45. The zero-order valence-corrected chi connectivity index (χ0v) is 17.6. The van der Waals surface area contributed by atoms with E-state index >= 15 is 0 Å². The van der Waals surface area contributed by atoms with Gasteiger partial charge in [-0.1, -0.05) is 0 Å². The molecule has 0 bridgehead atoms. The summed E-state index contributed by atoms with van der Waals surface area (Å²) in [5, 5.41) is 99.5. The van der Waals surface area contributed by atoms with Crippen LogP contribution in [0.2, 0.25) is 0 Å². The molecule has 3 fully saturated rings. The average molecular weight is 488 g/mol. The third kappa shape index (κ3) is 5.48. The van der Waals surface area contributed by atoms with Crippen molar-refractivity contribution in [2.75, 3.05) is 13.2 Å². The summed E-state index contributed by atoms with van der Waals surface area (Å²) in [6.45, 7) is 0.148. The van der Waals surface area contributed by atoms with Gasteiger partial charge in [0.25, 0.3) is 0 Å². The van der Waals surface area contributed by atoms with Crippen LogP contribution in [-0.2, 0) is 23.7 Å². The molecule has 0 aliphatic carbocycles. The minimum atomic E-state index is -1.88. The zero-order valence-electron chi connectivity index (χ0n) is 17.6. The summed E-state index contributed by atoms with van der Waals surface area (Å²) in [7, 11) is 0. The van der Waals surface area contributed by atoms with E-state index in [4.69, 9.17) is 23.7 Å². The van der Waals surface area contributed by atoms with E-state index in [2.05, 4.69) is 0 Å². The summed E-state index contributed by atoms with van der Waals surface area (Å²) in [4.78, 5) is 0. The van der Waals surface area contributed by atoms with Gasteiger partial charge in [-0.15, -0.1) is 0 Å². The molecule has 15 atom stereocenters. The van der Waals surface area contributed by atoms with Crippen LogP contribution in [0.25, 0.3) is 0 Å². The van der Waals surface area contributed by atoms with Crippen LogP contribution in [0.3, 0.4) is 0 Å². The highest BCUT2D eigenvalue weighted by molar-refractivity contribution is 4.94. The van der Waals surface area contributed by atoms with Crippen molar-refractivity contribution in [3.8, 4) is 0 Å². The molecule has 0 aromatic heterocycles. The standard InChI is InChI=1S/C18H32O15/c1-4-7(20)10(23)13(26)18(30-4)33-15-9(22)6(31-16(28)14(15)27)3-29-17-12(25)11(24)8(21)5(2-19)32-17/h4-28H,2-3H2,1H3/t4-,5+,6+,7-,8-,9+,10+,11-,12+,13+,14+,15-,16+,17+,18-/m0/s1. The van der Waals surface area contributed by atoms with E-state index in [-0.39, 0.29) is 0 Å². The molecule has 0 aromatic carbocycles. The van der Waals surface area contributed by atoms with Crippen LogP contribution in [0.4, 0.5) is 0 Å². The van der Waals surface area contributed by atoms with Crippen LogP contribution >= 0.6 is 0 Å². The molecule has 0 unspecified atom stereocenters. The Balaban J connectivity index is 1.64. The summed E-state index contributed by atoms with van der Waals surface area (Å²) < 4.78 is 26.3. The van der Waals surface area contributed by atoms with Crippen LogP contribution in [0.5, 0.6) is 0 Å². The Morgan fingerprint density at radius 3 is 1.85 bits per heavy atom. The second-order valence-corrected chi connectivity index (χ2v) is 8.36. The minimum Gasteiger partial charge on any atom is -0.394 e. The highest BCUT2D eigenvalue weighted by Crippen LogP contribution is 2.29. The second-order valence-electron chi connectivity index (χ2n) is 8.36. The Morgan fingerprint density at radius 1 is 0.606 bits per heavy atom. The molecule has 3 heterocycles. The first-order valence-electron chi connectivity index (χ1n) is 10.4. The maximum Gasteiger partial charge on any atom is 0.187 e. The predicted octanol–water partition coefficient (Wildman–Crippen LogP) is -6.55. The number of ether oxygens (including phenoxy) is 5. The molecular formula is C18H32O15. The Hall–Kier alpha value is -0.600. The lowest BCUT2D eigenvalue weighted by molar-refractivity contribution is -0.359. The molecule has 0 spiro atoms. The zero-order chi connectivity index (χ0) is 24.6. The number of aliphatic hydroxyl groups is 10. The second kappa shape index (κ2) is 11.0. The summed E-state index contributed by atoms with van der Waals surface area (Å²) in [5.41, 5.74) is 0. The molecule has 0 saturated carbocycles. The van der Waals surface area contributed by atoms with Crippen molar-refractivity contribution >= 4 is 0 Å². The average Bonchev–Trinajstić information content (AvgIpc) is 2.79. The molecule has 3 aliphatic heterocycles. The fourth-order valence-corrected chi connectivity index (χ4v) is 3.89. The van der Waals surface area contributed by atoms with Crippen molar-refractivity contribution in [1.82, 2.24) is 0 Å². The predicted molar refractivity (Wildman–Crippen MR) is 99.8 cm³/mol. The van der Waals surface area contributed by atoms with Crippen LogP contribution in [0, 0.1) is 0 Å². The Morgan fingerprint density at radius 2 is 1.21 bits per heavy atom. The van der Waals surface area contributed by atoms with E-state index in [1.165, 1.54) is 6.92 Å². The quantitative estimate of drug-likeness (QED) is 0.167. The lowest BCUT2D eigenvalue weighted by atomic mass is 9.97. The van der Waals surface area contributed by atoms with Crippen molar-refractivity contribution in [3.05, 3.63) is 0 Å². The summed E-state index contributed by atoms with van der Waals surface area (Å²) in [5.74, 6) is 0. The van der Waals surface area contributed by atoms with Crippen molar-refractivity contribution in [3.63, 3.8) is 0 Å². The van der Waals surface area contributed by atoms with Gasteiger partial charge in [-0.3, -0.25) is 0 Å². The summed E-state index contributed by atoms with van der Waals surface area (Å²) >= 11 is 0. The normalized spacial score (nSPS) is 53.7. The maximum atomic E-state index is 10.6. The third-order valence-corrected chi connectivity index (χ3v) is 6.03. The highest BCUT2D eigenvalue weighted by Gasteiger charge is 2.50. The molecule has 194 valence electrons. The van der Waals surface area contributed by atoms with E-state index in [9.17, 15) is 51.1 Å². The molecule has 33 heavy (non-hydrogen) atoms. The minimum absolute atomic E-state index is 0.570. The largest absolute Gasteiger partial charge is 0.394 e. The van der Waals surface area contributed by atoms with E-state index in [1.807, 2.05) is 0 Å². The monoisotopic (exact) mass is 488 g/mol. The molecule has 0 amide bonds. The van der Waals surface area contributed by atoms with Gasteiger partial charge in [0.2, 0.25) is 0 Å². The molecule has 0 radical (unpaired) electrons. The van der Waals surface area contributed by atoms with Crippen LogP contribution in [-0.4, -0.2) is 156 Å². The van der Waals surface area contributed by atoms with Gasteiger partial charge in [-0.05, 0) is 6.92 Å². The summed E-state index contributed by atoms with van der Waals surface area (Å²) in [6, 6.07) is 0. The smallest absolute Gasteiger partial charge is 0.187 e. The van der Waals surface area contributed by atoms with Gasteiger partial charge in [0.1, 0.15) is 67.1 Å². The molecular weight excluding hydrogens is 456 g/mol. The topological polar surface area (TPSA) is 248 Å². The van der Waals surface area contributed by atoms with Gasteiger partial charge in [0.15, 0.2) is 18.9 Å². The Bertz CT molecular complexity index is 624. The van der Waals surface area contributed by atoms with Crippen LogP contribution < -0.4 is 0 Å². The summed E-state index contributed by atoms with van der Waals surface area (Å²) in [6.07, 6.45) is -23.5. The third-order valence-electron chi connectivity index (χ3n) is 6.03. The number of aliphatic hydroxyl groups excluding tert-OH is 10. The number of hydrogen-bond acceptors (Lipinski definition) is 15. The fourth-order valence-electron chi connectivity index (χ4n) is 3.89. The number of rotatable bonds is 6. The molecule has 3 rings (SSSR count). The molecule has 10 N–H and O–H groups in total. The van der Waals surface area contributed by atoms with Crippen LogP contribution in [0.1, 0.15) is 6.92 Å². The molecule has 3 saturated heterocycles.